The lowest BCUT2D eigenvalue weighted by molar-refractivity contribution is -0.144. The normalized spacial score (nSPS) is 33.7. The van der Waals surface area contributed by atoms with Crippen LogP contribution in [0, 0.1) is 5.92 Å². The van der Waals surface area contributed by atoms with Crippen molar-refractivity contribution in [2.75, 3.05) is 19.7 Å². The standard InChI is InChI=1S/C20H33NO2Si/c1-19(2,3)24(4,5)23-14-18-13-17-11-12-21(18)15-20(17,22)16-9-7-6-8-10-16/h6-10,17-18,22H,11-15H2,1-5H3/t17-,18-,20-/m0/s1. The molecule has 0 amide bonds. The zero-order chi connectivity index (χ0) is 17.6. The first-order chi connectivity index (χ1) is 11.1. The zero-order valence-electron chi connectivity index (χ0n) is 15.9. The van der Waals surface area contributed by atoms with Crippen molar-refractivity contribution in [1.29, 1.82) is 0 Å². The molecule has 3 nitrogen and oxygen atoms in total. The van der Waals surface area contributed by atoms with E-state index in [2.05, 4.69) is 50.9 Å². The Morgan fingerprint density at radius 2 is 1.92 bits per heavy atom. The van der Waals surface area contributed by atoms with Crippen molar-refractivity contribution in [3.8, 4) is 0 Å². The molecule has 3 aliphatic heterocycles. The van der Waals surface area contributed by atoms with Gasteiger partial charge in [0.05, 0.1) is 0 Å². The maximum atomic E-state index is 11.3. The topological polar surface area (TPSA) is 32.7 Å². The number of hydrogen-bond donors (Lipinski definition) is 1. The van der Waals surface area contributed by atoms with Crippen LogP contribution >= 0.6 is 0 Å². The van der Waals surface area contributed by atoms with Gasteiger partial charge in [-0.25, -0.2) is 0 Å². The van der Waals surface area contributed by atoms with Gasteiger partial charge in [-0.1, -0.05) is 51.1 Å². The number of nitrogens with zero attached hydrogens (tertiary/aromatic N) is 1. The molecule has 134 valence electrons. The summed E-state index contributed by atoms with van der Waals surface area (Å²) in [7, 11) is -1.71. The number of rotatable bonds is 4. The molecule has 0 saturated carbocycles. The number of piperidine rings is 3. The SMILES string of the molecule is CC(C)(C)[Si](C)(C)OC[C@@H]1C[C@@H]2CCN1C[C@]2(O)c1ccccc1. The quantitative estimate of drug-likeness (QED) is 0.836. The fraction of sp³-hybridized carbons (Fsp3) is 0.700. The number of aliphatic hydroxyl groups is 1. The van der Waals surface area contributed by atoms with Crippen LogP contribution in [0.3, 0.4) is 0 Å². The van der Waals surface area contributed by atoms with E-state index in [0.717, 1.165) is 38.1 Å². The molecular weight excluding hydrogens is 314 g/mol. The minimum absolute atomic E-state index is 0.251. The van der Waals surface area contributed by atoms with E-state index in [0.29, 0.717) is 12.0 Å². The molecule has 4 heteroatoms. The van der Waals surface area contributed by atoms with Crippen molar-refractivity contribution in [3.63, 3.8) is 0 Å². The number of fused-ring (bicyclic) bond motifs is 3. The molecule has 4 atom stereocenters. The van der Waals surface area contributed by atoms with E-state index in [1.165, 1.54) is 0 Å². The van der Waals surface area contributed by atoms with E-state index in [1.807, 2.05) is 18.2 Å². The van der Waals surface area contributed by atoms with Crippen molar-refractivity contribution in [2.24, 2.45) is 5.92 Å². The molecule has 1 aromatic carbocycles. The van der Waals surface area contributed by atoms with Gasteiger partial charge in [0.15, 0.2) is 8.32 Å². The van der Waals surface area contributed by atoms with Crippen molar-refractivity contribution < 1.29 is 9.53 Å². The molecule has 0 aliphatic carbocycles. The van der Waals surface area contributed by atoms with Crippen molar-refractivity contribution in [1.82, 2.24) is 4.90 Å². The molecule has 0 spiro atoms. The summed E-state index contributed by atoms with van der Waals surface area (Å²) in [6.45, 7) is 14.2. The highest BCUT2D eigenvalue weighted by Gasteiger charge is 2.50. The summed E-state index contributed by atoms with van der Waals surface area (Å²) >= 11 is 0. The molecule has 3 aliphatic rings. The first-order valence-corrected chi connectivity index (χ1v) is 12.2. The average Bonchev–Trinajstić information content (AvgIpc) is 2.53. The summed E-state index contributed by atoms with van der Waals surface area (Å²) in [4.78, 5) is 2.46. The van der Waals surface area contributed by atoms with Crippen LogP contribution in [-0.4, -0.2) is 44.1 Å². The molecule has 0 aromatic heterocycles. The molecule has 4 rings (SSSR count). The van der Waals surface area contributed by atoms with Gasteiger partial charge in [0.2, 0.25) is 0 Å². The van der Waals surface area contributed by atoms with Crippen LogP contribution in [0.2, 0.25) is 18.1 Å². The molecule has 3 heterocycles. The molecule has 0 radical (unpaired) electrons. The first-order valence-electron chi connectivity index (χ1n) is 9.29. The van der Waals surface area contributed by atoms with Crippen LogP contribution in [0.5, 0.6) is 0 Å². The molecule has 3 saturated heterocycles. The van der Waals surface area contributed by atoms with Gasteiger partial charge in [0, 0.05) is 19.2 Å². The Morgan fingerprint density at radius 3 is 2.46 bits per heavy atom. The largest absolute Gasteiger partial charge is 0.415 e. The highest BCUT2D eigenvalue weighted by atomic mass is 28.4. The van der Waals surface area contributed by atoms with Crippen LogP contribution in [0.4, 0.5) is 0 Å². The maximum Gasteiger partial charge on any atom is 0.192 e. The third-order valence-electron chi connectivity index (χ3n) is 6.67. The summed E-state index contributed by atoms with van der Waals surface area (Å²) in [6.07, 6.45) is 2.13. The maximum absolute atomic E-state index is 11.3. The predicted octanol–water partition coefficient (Wildman–Crippen LogP) is 3.99. The third kappa shape index (κ3) is 3.21. The third-order valence-corrected chi connectivity index (χ3v) is 11.2. The fourth-order valence-electron chi connectivity index (χ4n) is 3.93. The van der Waals surface area contributed by atoms with Gasteiger partial charge in [-0.2, -0.15) is 0 Å². The summed E-state index contributed by atoms with van der Waals surface area (Å²) in [5.74, 6) is 0.345. The van der Waals surface area contributed by atoms with Gasteiger partial charge in [0.1, 0.15) is 5.60 Å². The van der Waals surface area contributed by atoms with Gasteiger partial charge >= 0.3 is 0 Å². The Labute approximate surface area is 148 Å². The summed E-state index contributed by atoms with van der Waals surface area (Å²) in [5, 5.41) is 11.6. The Kier molecular flexibility index (Phi) is 4.71. The fourth-order valence-corrected chi connectivity index (χ4v) is 4.97. The van der Waals surface area contributed by atoms with Crippen molar-refractivity contribution in [2.45, 2.75) is 63.4 Å². The molecule has 2 bridgehead atoms. The Bertz CT molecular complexity index is 569. The summed E-state index contributed by atoms with van der Waals surface area (Å²) in [5.41, 5.74) is 0.385. The molecular formula is C20H33NO2Si. The van der Waals surface area contributed by atoms with Crippen LogP contribution < -0.4 is 0 Å². The van der Waals surface area contributed by atoms with E-state index in [4.69, 9.17) is 4.43 Å². The second-order valence-corrected chi connectivity index (χ2v) is 14.0. The summed E-state index contributed by atoms with van der Waals surface area (Å²) < 4.78 is 6.48. The lowest BCUT2D eigenvalue weighted by atomic mass is 9.69. The van der Waals surface area contributed by atoms with Crippen LogP contribution in [0.15, 0.2) is 30.3 Å². The smallest absolute Gasteiger partial charge is 0.192 e. The zero-order valence-corrected chi connectivity index (χ0v) is 16.9. The minimum atomic E-state index is -1.71. The molecule has 24 heavy (non-hydrogen) atoms. The molecule has 1 unspecified atom stereocenters. The van der Waals surface area contributed by atoms with Gasteiger partial charge < -0.3 is 9.53 Å². The Balaban J connectivity index is 1.68. The highest BCUT2D eigenvalue weighted by Crippen LogP contribution is 2.45. The monoisotopic (exact) mass is 347 g/mol. The van der Waals surface area contributed by atoms with Gasteiger partial charge in [-0.15, -0.1) is 0 Å². The lowest BCUT2D eigenvalue weighted by Gasteiger charge is -2.55. The Hall–Kier alpha value is -0.683. The van der Waals surface area contributed by atoms with E-state index in [1.54, 1.807) is 0 Å². The van der Waals surface area contributed by atoms with Gasteiger partial charge in [-0.05, 0) is 49.0 Å². The second kappa shape index (κ2) is 6.24. The number of hydrogen-bond acceptors (Lipinski definition) is 3. The molecule has 1 aromatic rings. The van der Waals surface area contributed by atoms with E-state index >= 15 is 0 Å². The lowest BCUT2D eigenvalue weighted by Crippen LogP contribution is -2.62. The van der Waals surface area contributed by atoms with E-state index in [-0.39, 0.29) is 5.04 Å². The second-order valence-electron chi connectivity index (χ2n) is 9.21. The Morgan fingerprint density at radius 1 is 1.25 bits per heavy atom. The highest BCUT2D eigenvalue weighted by molar-refractivity contribution is 6.74. The number of benzene rings is 1. The molecule has 1 N–H and O–H groups in total. The van der Waals surface area contributed by atoms with Crippen molar-refractivity contribution >= 4 is 8.32 Å². The van der Waals surface area contributed by atoms with Crippen LogP contribution in [0.1, 0.15) is 39.2 Å². The van der Waals surface area contributed by atoms with Gasteiger partial charge in [0.25, 0.3) is 0 Å². The average molecular weight is 348 g/mol. The van der Waals surface area contributed by atoms with Crippen LogP contribution in [-0.2, 0) is 10.0 Å². The summed E-state index contributed by atoms with van der Waals surface area (Å²) in [6, 6.07) is 10.7. The van der Waals surface area contributed by atoms with E-state index < -0.39 is 13.9 Å². The van der Waals surface area contributed by atoms with E-state index in [9.17, 15) is 5.11 Å². The first kappa shape index (κ1) is 18.1. The van der Waals surface area contributed by atoms with Gasteiger partial charge in [-0.3, -0.25) is 4.90 Å². The molecule has 3 fully saturated rings. The predicted molar refractivity (Wildman–Crippen MR) is 102 cm³/mol. The minimum Gasteiger partial charge on any atom is -0.415 e. The van der Waals surface area contributed by atoms with Crippen molar-refractivity contribution in [3.05, 3.63) is 35.9 Å². The van der Waals surface area contributed by atoms with Crippen LogP contribution in [0.25, 0.3) is 0 Å².